The molecule has 27 heavy (non-hydrogen) atoms. The molecule has 2 atom stereocenters. The van der Waals surface area contributed by atoms with Crippen molar-refractivity contribution in [2.45, 2.75) is 65.1 Å². The second kappa shape index (κ2) is 9.07. The van der Waals surface area contributed by atoms with Crippen molar-refractivity contribution in [3.63, 3.8) is 0 Å². The van der Waals surface area contributed by atoms with Crippen LogP contribution >= 0.6 is 0 Å². The predicted molar refractivity (Wildman–Crippen MR) is 109 cm³/mol. The summed E-state index contributed by atoms with van der Waals surface area (Å²) in [7, 11) is 0. The zero-order valence-corrected chi connectivity index (χ0v) is 17.0. The second-order valence-corrected chi connectivity index (χ2v) is 8.60. The minimum atomic E-state index is -0.200. The highest BCUT2D eigenvalue weighted by atomic mass is 16.3. The topological polar surface area (TPSA) is 64.6 Å². The molecule has 0 radical (unpaired) electrons. The Kier molecular flexibility index (Phi) is 6.77. The number of nitrogens with zero attached hydrogens (tertiary/aromatic N) is 1. The summed E-state index contributed by atoms with van der Waals surface area (Å²) in [6, 6.07) is 5.40. The van der Waals surface area contributed by atoms with Gasteiger partial charge in [0.05, 0.1) is 6.04 Å². The molecule has 0 saturated carbocycles. The number of hydrogen-bond donors (Lipinski definition) is 3. The van der Waals surface area contributed by atoms with Gasteiger partial charge in [0.1, 0.15) is 5.75 Å². The average Bonchev–Trinajstić information content (AvgIpc) is 2.67. The van der Waals surface area contributed by atoms with Gasteiger partial charge in [-0.05, 0) is 67.4 Å². The Morgan fingerprint density at radius 1 is 1.30 bits per heavy atom. The van der Waals surface area contributed by atoms with E-state index in [9.17, 15) is 9.90 Å². The Bertz CT molecular complexity index is 638. The lowest BCUT2D eigenvalue weighted by Crippen LogP contribution is -2.54. The number of aromatic hydroxyl groups is 1. The lowest BCUT2D eigenvalue weighted by Gasteiger charge is -2.36. The molecule has 1 aromatic carbocycles. The number of benzene rings is 1. The minimum absolute atomic E-state index is 0.0934. The van der Waals surface area contributed by atoms with Crippen LogP contribution in [0.15, 0.2) is 18.2 Å². The van der Waals surface area contributed by atoms with E-state index in [1.54, 1.807) is 12.1 Å². The number of nitrogens with one attached hydrogen (secondary N) is 2. The van der Waals surface area contributed by atoms with Crippen LogP contribution in [0.25, 0.3) is 0 Å². The van der Waals surface area contributed by atoms with E-state index >= 15 is 0 Å². The molecule has 1 unspecified atom stereocenters. The highest BCUT2D eigenvalue weighted by molar-refractivity contribution is 5.82. The molecular weight excluding hydrogens is 338 g/mol. The Balaban J connectivity index is 1.55. The summed E-state index contributed by atoms with van der Waals surface area (Å²) in [5, 5.41) is 16.3. The number of piperidine rings is 1. The maximum atomic E-state index is 12.9. The highest BCUT2D eigenvalue weighted by Gasteiger charge is 2.28. The van der Waals surface area contributed by atoms with Gasteiger partial charge in [-0.2, -0.15) is 0 Å². The number of likely N-dealkylation sites (tertiary alicyclic amines) is 1. The number of phenols is 1. The Labute approximate surface area is 163 Å². The molecular formula is C22H35N3O2. The lowest BCUT2D eigenvalue weighted by atomic mass is 9.93. The van der Waals surface area contributed by atoms with Gasteiger partial charge in [-0.1, -0.05) is 33.3 Å². The summed E-state index contributed by atoms with van der Waals surface area (Å²) in [4.78, 5) is 15.4. The number of amides is 1. The molecule has 1 saturated heterocycles. The van der Waals surface area contributed by atoms with Crippen LogP contribution in [-0.4, -0.2) is 47.6 Å². The van der Waals surface area contributed by atoms with Gasteiger partial charge in [0.2, 0.25) is 5.91 Å². The predicted octanol–water partition coefficient (Wildman–Crippen LogP) is 2.67. The van der Waals surface area contributed by atoms with E-state index in [0.717, 1.165) is 36.7 Å². The van der Waals surface area contributed by atoms with Crippen molar-refractivity contribution < 1.29 is 9.90 Å². The Hall–Kier alpha value is -1.59. The standard InChI is InChI=1S/C22H35N3O2/c1-4-16-7-9-25(10-8-16)14-21(15(2)3)24-22(27)20-12-17-5-6-19(26)11-18(17)13-23-20/h5-6,11,15-16,20-21,23,26H,4,7-10,12-14H2,1-3H3,(H,24,27)/t20-,21?/m1/s1. The van der Waals surface area contributed by atoms with Gasteiger partial charge < -0.3 is 20.6 Å². The number of hydrogen-bond acceptors (Lipinski definition) is 4. The van der Waals surface area contributed by atoms with Crippen LogP contribution in [0.1, 0.15) is 51.2 Å². The van der Waals surface area contributed by atoms with Gasteiger partial charge in [-0.15, -0.1) is 0 Å². The SMILES string of the molecule is CCC1CCN(CC(NC(=O)[C@H]2Cc3ccc(O)cc3CN2)C(C)C)CC1. The highest BCUT2D eigenvalue weighted by Crippen LogP contribution is 2.23. The third-order valence-corrected chi connectivity index (χ3v) is 6.34. The van der Waals surface area contributed by atoms with E-state index in [1.165, 1.54) is 19.3 Å². The van der Waals surface area contributed by atoms with Gasteiger partial charge >= 0.3 is 0 Å². The van der Waals surface area contributed by atoms with Crippen LogP contribution in [0.5, 0.6) is 5.75 Å². The Morgan fingerprint density at radius 2 is 2.04 bits per heavy atom. The zero-order chi connectivity index (χ0) is 19.4. The second-order valence-electron chi connectivity index (χ2n) is 8.60. The maximum absolute atomic E-state index is 12.9. The molecule has 1 fully saturated rings. The van der Waals surface area contributed by atoms with E-state index in [4.69, 9.17) is 0 Å². The zero-order valence-electron chi connectivity index (χ0n) is 17.0. The first-order chi connectivity index (χ1) is 13.0. The first-order valence-corrected chi connectivity index (χ1v) is 10.5. The fourth-order valence-corrected chi connectivity index (χ4v) is 4.25. The van der Waals surface area contributed by atoms with Gasteiger partial charge in [0.25, 0.3) is 0 Å². The molecule has 2 aliphatic heterocycles. The Morgan fingerprint density at radius 3 is 2.70 bits per heavy atom. The van der Waals surface area contributed by atoms with E-state index in [0.29, 0.717) is 18.9 Å². The van der Waals surface area contributed by atoms with E-state index in [-0.39, 0.29) is 23.7 Å². The molecule has 3 N–H and O–H groups in total. The number of fused-ring (bicyclic) bond motifs is 1. The quantitative estimate of drug-likeness (QED) is 0.717. The molecule has 5 heteroatoms. The van der Waals surface area contributed by atoms with Crippen LogP contribution in [0.2, 0.25) is 0 Å². The first kappa shape index (κ1) is 20.2. The van der Waals surface area contributed by atoms with Gasteiger partial charge in [-0.3, -0.25) is 4.79 Å². The van der Waals surface area contributed by atoms with Crippen molar-refractivity contribution in [3.8, 4) is 5.75 Å². The van der Waals surface area contributed by atoms with Crippen LogP contribution in [0.4, 0.5) is 0 Å². The van der Waals surface area contributed by atoms with Crippen molar-refractivity contribution in [2.24, 2.45) is 11.8 Å². The number of carbonyl (C=O) groups excluding carboxylic acids is 1. The number of rotatable bonds is 6. The summed E-state index contributed by atoms with van der Waals surface area (Å²) < 4.78 is 0. The van der Waals surface area contributed by atoms with Crippen LogP contribution < -0.4 is 10.6 Å². The molecule has 2 aliphatic rings. The van der Waals surface area contributed by atoms with E-state index in [2.05, 4.69) is 36.3 Å². The fourth-order valence-electron chi connectivity index (χ4n) is 4.25. The molecule has 0 aromatic heterocycles. The molecule has 0 aliphatic carbocycles. The van der Waals surface area contributed by atoms with Crippen LogP contribution in [0, 0.1) is 11.8 Å². The summed E-state index contributed by atoms with van der Waals surface area (Å²) in [6.07, 6.45) is 4.52. The van der Waals surface area contributed by atoms with E-state index in [1.807, 2.05) is 6.07 Å². The third kappa shape index (κ3) is 5.23. The molecule has 150 valence electrons. The largest absolute Gasteiger partial charge is 0.508 e. The molecule has 1 amide bonds. The average molecular weight is 374 g/mol. The van der Waals surface area contributed by atoms with Crippen molar-refractivity contribution >= 4 is 5.91 Å². The van der Waals surface area contributed by atoms with Crippen molar-refractivity contribution in [1.82, 2.24) is 15.5 Å². The monoisotopic (exact) mass is 373 g/mol. The first-order valence-electron chi connectivity index (χ1n) is 10.5. The number of carbonyl (C=O) groups is 1. The van der Waals surface area contributed by atoms with Gasteiger partial charge in [0.15, 0.2) is 0 Å². The summed E-state index contributed by atoms with van der Waals surface area (Å²) in [6.45, 7) is 10.5. The van der Waals surface area contributed by atoms with Crippen LogP contribution in [-0.2, 0) is 17.8 Å². The van der Waals surface area contributed by atoms with Gasteiger partial charge in [0, 0.05) is 19.1 Å². The minimum Gasteiger partial charge on any atom is -0.508 e. The fraction of sp³-hybridized carbons (Fsp3) is 0.682. The van der Waals surface area contributed by atoms with Crippen molar-refractivity contribution in [1.29, 1.82) is 0 Å². The summed E-state index contributed by atoms with van der Waals surface area (Å²) >= 11 is 0. The van der Waals surface area contributed by atoms with E-state index < -0.39 is 0 Å². The molecule has 3 rings (SSSR count). The van der Waals surface area contributed by atoms with Crippen molar-refractivity contribution in [3.05, 3.63) is 29.3 Å². The molecule has 1 aromatic rings. The third-order valence-electron chi connectivity index (χ3n) is 6.34. The van der Waals surface area contributed by atoms with Crippen LogP contribution in [0.3, 0.4) is 0 Å². The van der Waals surface area contributed by atoms with Gasteiger partial charge in [-0.25, -0.2) is 0 Å². The normalized spacial score (nSPS) is 22.4. The molecule has 0 spiro atoms. The molecule has 2 heterocycles. The summed E-state index contributed by atoms with van der Waals surface area (Å²) in [5.74, 6) is 1.66. The maximum Gasteiger partial charge on any atom is 0.237 e. The van der Waals surface area contributed by atoms with Crippen molar-refractivity contribution in [2.75, 3.05) is 19.6 Å². The molecule has 0 bridgehead atoms. The number of phenolic OH excluding ortho intramolecular Hbond substituents is 1. The smallest absolute Gasteiger partial charge is 0.237 e. The summed E-state index contributed by atoms with van der Waals surface area (Å²) in [5.41, 5.74) is 2.23. The lowest BCUT2D eigenvalue weighted by molar-refractivity contribution is -0.124. The molecule has 5 nitrogen and oxygen atoms in total.